The van der Waals surface area contributed by atoms with Gasteiger partial charge < -0.3 is 9.64 Å². The minimum Gasteiger partial charge on any atom is -0.484 e. The zero-order valence-electron chi connectivity index (χ0n) is 12.0. The summed E-state index contributed by atoms with van der Waals surface area (Å²) in [5.41, 5.74) is 0.372. The van der Waals surface area contributed by atoms with E-state index in [2.05, 4.69) is 20.9 Å². The Balaban J connectivity index is 2.04. The number of carbonyl (C=O) groups is 1. The molecule has 110 valence electrons. The van der Waals surface area contributed by atoms with Gasteiger partial charge in [0.15, 0.2) is 0 Å². The molecule has 0 radical (unpaired) electrons. The van der Waals surface area contributed by atoms with Gasteiger partial charge in [-0.3, -0.25) is 4.79 Å². The lowest BCUT2D eigenvalue weighted by Crippen LogP contribution is -2.49. The summed E-state index contributed by atoms with van der Waals surface area (Å²) in [6.45, 7) is 6.37. The maximum absolute atomic E-state index is 12.8. The van der Waals surface area contributed by atoms with Gasteiger partial charge in [0.2, 0.25) is 0 Å². The third-order valence-corrected chi connectivity index (χ3v) is 4.61. The second-order valence-corrected chi connectivity index (χ2v) is 7.76. The van der Waals surface area contributed by atoms with Crippen molar-refractivity contribution < 1.29 is 9.53 Å². The summed E-state index contributed by atoms with van der Waals surface area (Å²) < 4.78 is 6.92. The molecule has 21 heavy (non-hydrogen) atoms. The molecule has 1 aromatic heterocycles. The number of hydrogen-bond acceptors (Lipinski definition) is 4. The first-order valence-corrected chi connectivity index (χ1v) is 8.19. The number of thiazole rings is 1. The van der Waals surface area contributed by atoms with Gasteiger partial charge in [-0.25, -0.2) is 4.98 Å². The van der Waals surface area contributed by atoms with Crippen molar-refractivity contribution in [2.45, 2.75) is 26.4 Å². The highest BCUT2D eigenvalue weighted by Crippen LogP contribution is 2.39. The molecule has 0 aliphatic carbocycles. The van der Waals surface area contributed by atoms with Gasteiger partial charge in [-0.1, -0.05) is 15.9 Å². The van der Waals surface area contributed by atoms with Crippen molar-refractivity contribution in [3.8, 4) is 5.75 Å². The van der Waals surface area contributed by atoms with Crippen LogP contribution in [0.2, 0.25) is 0 Å². The summed E-state index contributed by atoms with van der Waals surface area (Å²) in [6.07, 6.45) is 1.64. The zero-order valence-corrected chi connectivity index (χ0v) is 14.4. The fraction of sp³-hybridized carbons (Fsp3) is 0.333. The lowest BCUT2D eigenvalue weighted by Gasteiger charge is -2.39. The van der Waals surface area contributed by atoms with E-state index in [9.17, 15) is 4.79 Å². The Bertz CT molecular complexity index is 711. The van der Waals surface area contributed by atoms with E-state index >= 15 is 0 Å². The van der Waals surface area contributed by atoms with Gasteiger partial charge in [0.05, 0.1) is 23.4 Å². The lowest BCUT2D eigenvalue weighted by atomic mass is 10.0. The topological polar surface area (TPSA) is 42.4 Å². The summed E-state index contributed by atoms with van der Waals surface area (Å²) in [6, 6.07) is 5.72. The predicted molar refractivity (Wildman–Crippen MR) is 87.4 cm³/mol. The molecule has 0 atom stereocenters. The second kappa shape index (κ2) is 5.10. The van der Waals surface area contributed by atoms with Crippen LogP contribution in [0.3, 0.4) is 0 Å². The Hall–Kier alpha value is -1.40. The molecule has 0 N–H and O–H groups in total. The van der Waals surface area contributed by atoms with E-state index in [1.165, 1.54) is 11.3 Å². The van der Waals surface area contributed by atoms with Crippen LogP contribution in [0.1, 0.15) is 28.5 Å². The molecule has 0 bridgehead atoms. The van der Waals surface area contributed by atoms with Gasteiger partial charge in [-0.15, -0.1) is 11.3 Å². The van der Waals surface area contributed by atoms with E-state index < -0.39 is 5.60 Å². The van der Waals surface area contributed by atoms with E-state index in [0.29, 0.717) is 11.4 Å². The number of fused-ring (bicyclic) bond motifs is 1. The van der Waals surface area contributed by atoms with Crippen LogP contribution < -0.4 is 9.64 Å². The standard InChI is InChI=1S/C15H15BrN2O2S/c1-9-17-7-13(21-9)14(19)18-8-15(2,3)20-12-6-10(16)4-5-11(12)18/h4-7H,8H2,1-3H3. The van der Waals surface area contributed by atoms with Crippen LogP contribution in [-0.4, -0.2) is 23.0 Å². The first kappa shape index (κ1) is 14.5. The fourth-order valence-electron chi connectivity index (χ4n) is 2.36. The molecule has 2 heterocycles. The minimum absolute atomic E-state index is 0.0273. The number of nitrogens with zero attached hydrogens (tertiary/aromatic N) is 2. The number of halogens is 1. The molecular formula is C15H15BrN2O2S. The van der Waals surface area contributed by atoms with Crippen LogP contribution in [0.4, 0.5) is 5.69 Å². The van der Waals surface area contributed by atoms with E-state index in [0.717, 1.165) is 20.9 Å². The molecule has 0 unspecified atom stereocenters. The Morgan fingerprint density at radius 1 is 1.48 bits per heavy atom. The van der Waals surface area contributed by atoms with Crippen LogP contribution in [0.5, 0.6) is 5.75 Å². The maximum Gasteiger partial charge on any atom is 0.270 e. The van der Waals surface area contributed by atoms with Gasteiger partial charge in [0.25, 0.3) is 5.91 Å². The maximum atomic E-state index is 12.8. The number of carbonyl (C=O) groups excluding carboxylic acids is 1. The number of hydrogen-bond donors (Lipinski definition) is 0. The summed E-state index contributed by atoms with van der Waals surface area (Å²) in [4.78, 5) is 19.4. The van der Waals surface area contributed by atoms with E-state index in [1.807, 2.05) is 39.0 Å². The first-order chi connectivity index (χ1) is 9.85. The van der Waals surface area contributed by atoms with Gasteiger partial charge in [-0.2, -0.15) is 0 Å². The average Bonchev–Trinajstić information content (AvgIpc) is 2.82. The summed E-state index contributed by atoms with van der Waals surface area (Å²) in [7, 11) is 0. The Morgan fingerprint density at radius 2 is 2.24 bits per heavy atom. The lowest BCUT2D eigenvalue weighted by molar-refractivity contribution is 0.0839. The van der Waals surface area contributed by atoms with Crippen molar-refractivity contribution in [3.05, 3.63) is 38.8 Å². The third-order valence-electron chi connectivity index (χ3n) is 3.21. The molecule has 3 rings (SSSR count). The SMILES string of the molecule is Cc1ncc(C(=O)N2CC(C)(C)Oc3cc(Br)ccc32)s1. The van der Waals surface area contributed by atoms with Crippen LogP contribution in [0.15, 0.2) is 28.9 Å². The summed E-state index contributed by atoms with van der Waals surface area (Å²) in [5, 5.41) is 0.891. The highest BCUT2D eigenvalue weighted by atomic mass is 79.9. The summed E-state index contributed by atoms with van der Waals surface area (Å²) in [5.74, 6) is 0.691. The van der Waals surface area contributed by atoms with Crippen molar-refractivity contribution >= 4 is 38.9 Å². The normalized spacial score (nSPS) is 16.3. The van der Waals surface area contributed by atoms with Gasteiger partial charge in [0, 0.05) is 4.47 Å². The molecule has 0 fully saturated rings. The fourth-order valence-corrected chi connectivity index (χ4v) is 3.43. The van der Waals surface area contributed by atoms with Gasteiger partial charge >= 0.3 is 0 Å². The van der Waals surface area contributed by atoms with Gasteiger partial charge in [-0.05, 0) is 39.0 Å². The molecule has 1 aliphatic heterocycles. The zero-order chi connectivity index (χ0) is 15.2. The van der Waals surface area contributed by atoms with Crippen LogP contribution in [0, 0.1) is 6.92 Å². The Kier molecular flexibility index (Phi) is 3.53. The predicted octanol–water partition coefficient (Wildman–Crippen LogP) is 4.03. The van der Waals surface area contributed by atoms with Gasteiger partial charge in [0.1, 0.15) is 16.2 Å². The van der Waals surface area contributed by atoms with Crippen molar-refractivity contribution in [1.82, 2.24) is 4.98 Å². The largest absolute Gasteiger partial charge is 0.484 e. The molecule has 1 aromatic carbocycles. The molecule has 4 nitrogen and oxygen atoms in total. The van der Waals surface area contributed by atoms with Crippen LogP contribution >= 0.6 is 27.3 Å². The Labute approximate surface area is 135 Å². The third kappa shape index (κ3) is 2.82. The number of amides is 1. The highest BCUT2D eigenvalue weighted by molar-refractivity contribution is 9.10. The highest BCUT2D eigenvalue weighted by Gasteiger charge is 2.35. The molecule has 1 amide bonds. The van der Waals surface area contributed by atoms with Crippen LogP contribution in [-0.2, 0) is 0 Å². The number of benzene rings is 1. The minimum atomic E-state index is -0.427. The van der Waals surface area contributed by atoms with Crippen LogP contribution in [0.25, 0.3) is 0 Å². The number of rotatable bonds is 1. The smallest absolute Gasteiger partial charge is 0.270 e. The quantitative estimate of drug-likeness (QED) is 0.764. The molecular weight excluding hydrogens is 352 g/mol. The number of anilines is 1. The summed E-state index contributed by atoms with van der Waals surface area (Å²) >= 11 is 4.86. The average molecular weight is 367 g/mol. The number of aromatic nitrogens is 1. The second-order valence-electron chi connectivity index (χ2n) is 5.61. The molecule has 1 aliphatic rings. The van der Waals surface area contributed by atoms with Crippen molar-refractivity contribution in [2.75, 3.05) is 11.4 Å². The van der Waals surface area contributed by atoms with Crippen molar-refractivity contribution in [2.24, 2.45) is 0 Å². The van der Waals surface area contributed by atoms with E-state index in [-0.39, 0.29) is 5.91 Å². The molecule has 6 heteroatoms. The number of aryl methyl sites for hydroxylation is 1. The molecule has 0 saturated heterocycles. The van der Waals surface area contributed by atoms with Crippen molar-refractivity contribution in [3.63, 3.8) is 0 Å². The van der Waals surface area contributed by atoms with E-state index in [1.54, 1.807) is 11.1 Å². The molecule has 0 saturated carbocycles. The van der Waals surface area contributed by atoms with Crippen molar-refractivity contribution in [1.29, 1.82) is 0 Å². The van der Waals surface area contributed by atoms with E-state index in [4.69, 9.17) is 4.74 Å². The number of ether oxygens (including phenoxy) is 1. The molecule has 2 aromatic rings. The molecule has 0 spiro atoms. The Morgan fingerprint density at radius 3 is 2.90 bits per heavy atom. The first-order valence-electron chi connectivity index (χ1n) is 6.59. The monoisotopic (exact) mass is 366 g/mol.